The van der Waals surface area contributed by atoms with E-state index in [-0.39, 0.29) is 77.2 Å². The predicted octanol–water partition coefficient (Wildman–Crippen LogP) is 5.38. The summed E-state index contributed by atoms with van der Waals surface area (Å²) in [6, 6.07) is 5.42. The number of amidine groups is 1. The first-order valence-corrected chi connectivity index (χ1v) is 14.0. The van der Waals surface area contributed by atoms with E-state index in [0.717, 1.165) is 11.3 Å². The molecule has 0 amide bonds. The number of hydrogen-bond acceptors (Lipinski definition) is 8. The summed E-state index contributed by atoms with van der Waals surface area (Å²) in [5, 5.41) is 8.74. The van der Waals surface area contributed by atoms with Gasteiger partial charge in [0.2, 0.25) is 0 Å². The Morgan fingerprint density at radius 3 is 2.14 bits per heavy atom. The van der Waals surface area contributed by atoms with Crippen LogP contribution in [0, 0.1) is 11.2 Å². The van der Waals surface area contributed by atoms with Crippen molar-refractivity contribution in [2.75, 3.05) is 59.1 Å². The zero-order chi connectivity index (χ0) is 30.1. The Kier molecular flexibility index (Phi) is 10.9. The van der Waals surface area contributed by atoms with Gasteiger partial charge in [0.25, 0.3) is 0 Å². The number of nitrogens with zero attached hydrogens (tertiary/aromatic N) is 2. The number of carbonyl (C=O) groups is 1. The summed E-state index contributed by atoms with van der Waals surface area (Å²) < 4.78 is 43.9. The highest BCUT2D eigenvalue weighted by Crippen LogP contribution is 2.42. The van der Waals surface area contributed by atoms with Gasteiger partial charge in [0.15, 0.2) is 23.1 Å². The zero-order valence-corrected chi connectivity index (χ0v) is 27.5. The monoisotopic (exact) mass is 651 g/mol. The van der Waals surface area contributed by atoms with Crippen LogP contribution in [0.3, 0.4) is 0 Å². The van der Waals surface area contributed by atoms with Crippen molar-refractivity contribution in [1.82, 2.24) is 4.90 Å². The molecule has 2 aromatic rings. The molecule has 42 heavy (non-hydrogen) atoms. The zero-order valence-electron chi connectivity index (χ0n) is 25.8. The molecule has 0 unspecified atom stereocenters. The van der Waals surface area contributed by atoms with E-state index in [1.54, 1.807) is 39.2 Å². The topological polar surface area (TPSA) is 93.6 Å². The van der Waals surface area contributed by atoms with Gasteiger partial charge in [-0.2, -0.15) is 0 Å². The minimum Gasteiger partial charge on any atom is -0.494 e. The lowest BCUT2D eigenvalue weighted by Crippen LogP contribution is -2.31. The highest BCUT2D eigenvalue weighted by molar-refractivity contribution is 8.93. The number of halogens is 2. The van der Waals surface area contributed by atoms with E-state index in [4.69, 9.17) is 29.1 Å². The van der Waals surface area contributed by atoms with Crippen LogP contribution in [-0.2, 0) is 21.4 Å². The molecule has 232 valence electrons. The average molecular weight is 653 g/mol. The first-order chi connectivity index (χ1) is 19.5. The third kappa shape index (κ3) is 6.38. The first kappa shape index (κ1) is 33.6. The van der Waals surface area contributed by atoms with Crippen molar-refractivity contribution in [3.8, 4) is 17.2 Å². The number of methoxy groups -OCH3 is 3. The van der Waals surface area contributed by atoms with Crippen LogP contribution in [0.2, 0.25) is 0 Å². The molecular weight excluding hydrogens is 609 g/mol. The summed E-state index contributed by atoms with van der Waals surface area (Å²) in [5.41, 5.74) is 2.59. The van der Waals surface area contributed by atoms with Gasteiger partial charge in [0.05, 0.1) is 38.1 Å². The van der Waals surface area contributed by atoms with Gasteiger partial charge in [-0.1, -0.05) is 20.8 Å². The molecule has 0 aromatic heterocycles. The molecule has 2 aliphatic rings. The number of hydrogen-bond donors (Lipinski definition) is 1. The number of benzene rings is 2. The summed E-state index contributed by atoms with van der Waals surface area (Å²) in [4.78, 5) is 17.5. The largest absolute Gasteiger partial charge is 0.494 e. The molecule has 2 heterocycles. The number of anilines is 1. The van der Waals surface area contributed by atoms with Crippen LogP contribution in [0.5, 0.6) is 17.2 Å². The number of rotatable bonds is 11. The normalized spacial score (nSPS) is 18.2. The average Bonchev–Trinajstić information content (AvgIpc) is 3.50. The molecule has 1 saturated heterocycles. The van der Waals surface area contributed by atoms with Crippen LogP contribution >= 0.6 is 17.0 Å². The predicted molar refractivity (Wildman–Crippen MR) is 166 cm³/mol. The van der Waals surface area contributed by atoms with Gasteiger partial charge in [0, 0.05) is 45.0 Å². The number of ether oxygens (including phenoxy) is 5. The molecule has 11 heteroatoms. The second kappa shape index (κ2) is 13.6. The maximum atomic E-state index is 15.5. The van der Waals surface area contributed by atoms with Crippen LogP contribution in [0.1, 0.15) is 61.7 Å². The van der Waals surface area contributed by atoms with Crippen LogP contribution in [0.4, 0.5) is 10.1 Å². The fourth-order valence-corrected chi connectivity index (χ4v) is 5.60. The molecule has 2 atom stereocenters. The molecule has 4 rings (SSSR count). The lowest BCUT2D eigenvalue weighted by atomic mass is 9.84. The first-order valence-electron chi connectivity index (χ1n) is 14.0. The van der Waals surface area contributed by atoms with Crippen LogP contribution in [0.25, 0.3) is 0 Å². The molecule has 0 spiro atoms. The molecule has 0 saturated carbocycles. The fraction of sp³-hybridized carbons (Fsp3) is 0.548. The quantitative estimate of drug-likeness (QED) is 0.324. The van der Waals surface area contributed by atoms with E-state index in [0.29, 0.717) is 42.3 Å². The smallest absolute Gasteiger partial charge is 0.197 e. The molecule has 0 aliphatic carbocycles. The Hall–Kier alpha value is -2.89. The minimum absolute atomic E-state index is 0. The second-order valence-corrected chi connectivity index (χ2v) is 11.3. The highest BCUT2D eigenvalue weighted by atomic mass is 79.9. The standard InChI is InChI=1S/C31H42FN3O6.BrH/c1-9-40-23-13-19-14-35(30(33)26(19)27(32)29(23)41-10-2)15-22(36)18-11-20(31(3,4)5)28(39-8)21(12-18)34-16-24(37-6)25(17-34)38-7;/h11-13,24-25,33H,9-10,14-17H2,1-8H3;1H/t24-,25-;/m0./s1. The van der Waals surface area contributed by atoms with Crippen LogP contribution in [0.15, 0.2) is 18.2 Å². The van der Waals surface area contributed by atoms with Crippen LogP contribution < -0.4 is 19.1 Å². The van der Waals surface area contributed by atoms with Gasteiger partial charge in [-0.3, -0.25) is 10.2 Å². The third-order valence-corrected chi connectivity index (χ3v) is 7.67. The number of nitrogens with one attached hydrogen (secondary N) is 1. The molecule has 0 radical (unpaired) electrons. The summed E-state index contributed by atoms with van der Waals surface area (Å²) in [6.07, 6.45) is -0.243. The van der Waals surface area contributed by atoms with Gasteiger partial charge >= 0.3 is 0 Å². The van der Waals surface area contributed by atoms with E-state index >= 15 is 4.39 Å². The van der Waals surface area contributed by atoms with Crippen molar-refractivity contribution in [3.05, 3.63) is 46.3 Å². The van der Waals surface area contributed by atoms with E-state index < -0.39 is 5.82 Å². The fourth-order valence-electron chi connectivity index (χ4n) is 5.60. The van der Waals surface area contributed by atoms with E-state index in [9.17, 15) is 4.79 Å². The lowest BCUT2D eigenvalue weighted by Gasteiger charge is -2.29. The molecule has 1 fully saturated rings. The summed E-state index contributed by atoms with van der Waals surface area (Å²) in [5.74, 6) is 0.133. The molecular formula is C31H43BrFN3O6. The molecule has 2 aromatic carbocycles. The number of Topliss-reactive ketones (excluding diaryl/α,β-unsaturated/α-hetero) is 1. The molecule has 2 aliphatic heterocycles. The summed E-state index contributed by atoms with van der Waals surface area (Å²) in [7, 11) is 4.97. The van der Waals surface area contributed by atoms with Crippen molar-refractivity contribution < 1.29 is 32.9 Å². The van der Waals surface area contributed by atoms with Crippen LogP contribution in [-0.4, -0.2) is 82.9 Å². The number of carbonyl (C=O) groups excluding carboxylic acids is 1. The van der Waals surface area contributed by atoms with Crippen molar-refractivity contribution in [2.24, 2.45) is 0 Å². The maximum absolute atomic E-state index is 15.5. The third-order valence-electron chi connectivity index (χ3n) is 7.67. The summed E-state index contributed by atoms with van der Waals surface area (Å²) in [6.45, 7) is 11.7. The van der Waals surface area contributed by atoms with Crippen molar-refractivity contribution in [3.63, 3.8) is 0 Å². The highest BCUT2D eigenvalue weighted by Gasteiger charge is 2.37. The van der Waals surface area contributed by atoms with E-state index in [1.807, 2.05) is 19.1 Å². The Bertz CT molecular complexity index is 1300. The minimum atomic E-state index is -0.635. The Morgan fingerprint density at radius 1 is 1.00 bits per heavy atom. The van der Waals surface area contributed by atoms with E-state index in [1.165, 1.54) is 0 Å². The van der Waals surface area contributed by atoms with Gasteiger partial charge in [0.1, 0.15) is 23.8 Å². The lowest BCUT2D eigenvalue weighted by molar-refractivity contribution is -0.00461. The second-order valence-electron chi connectivity index (χ2n) is 11.3. The van der Waals surface area contributed by atoms with Gasteiger partial charge in [-0.15, -0.1) is 17.0 Å². The molecule has 1 N–H and O–H groups in total. The SMILES string of the molecule is Br.CCOc1cc2c(c(F)c1OCC)C(=N)N(CC(=O)c1cc(N3C[C@H](OC)[C@@H](OC)C3)c(OC)c(C(C)(C)C)c1)C2. The Balaban J connectivity index is 0.00000484. The summed E-state index contributed by atoms with van der Waals surface area (Å²) >= 11 is 0. The van der Waals surface area contributed by atoms with Gasteiger partial charge < -0.3 is 33.5 Å². The Morgan fingerprint density at radius 2 is 1.62 bits per heavy atom. The van der Waals surface area contributed by atoms with E-state index in [2.05, 4.69) is 25.7 Å². The molecule has 9 nitrogen and oxygen atoms in total. The van der Waals surface area contributed by atoms with Crippen molar-refractivity contribution >= 4 is 34.3 Å². The Labute approximate surface area is 258 Å². The van der Waals surface area contributed by atoms with Gasteiger partial charge in [-0.05, 0) is 43.0 Å². The maximum Gasteiger partial charge on any atom is 0.197 e. The van der Waals surface area contributed by atoms with Crippen molar-refractivity contribution in [2.45, 2.75) is 58.8 Å². The number of ketones is 1. The molecule has 0 bridgehead atoms. The number of fused-ring (bicyclic) bond motifs is 1. The van der Waals surface area contributed by atoms with Crippen molar-refractivity contribution in [1.29, 1.82) is 5.41 Å². The van der Waals surface area contributed by atoms with Gasteiger partial charge in [-0.25, -0.2) is 4.39 Å².